The normalized spacial score (nSPS) is 11.2. The smallest absolute Gasteiger partial charge is 0.294 e. The fraction of sp³-hybridized carbons (Fsp3) is 0.214. The van der Waals surface area contributed by atoms with Crippen molar-refractivity contribution in [1.29, 1.82) is 0 Å². The quantitative estimate of drug-likeness (QED) is 0.847. The number of hydrogen-bond donors (Lipinski definition) is 2. The van der Waals surface area contributed by atoms with E-state index in [1.165, 1.54) is 0 Å². The summed E-state index contributed by atoms with van der Waals surface area (Å²) in [6, 6.07) is 1.83. The van der Waals surface area contributed by atoms with Crippen LogP contribution in [0.5, 0.6) is 0 Å². The molecule has 5 nitrogen and oxygen atoms in total. The number of nitrogens with zero attached hydrogens (tertiary/aromatic N) is 2. The molecule has 20 heavy (non-hydrogen) atoms. The monoisotopic (exact) mass is 290 g/mol. The van der Waals surface area contributed by atoms with Crippen LogP contribution in [-0.2, 0) is 0 Å². The topological polar surface area (TPSA) is 74.4 Å². The first-order valence-electron chi connectivity index (χ1n) is 6.32. The fourth-order valence-electron chi connectivity index (χ4n) is 1.47. The SMILES string of the molecule is C=C/C=C(\C=C/C)c1cc(-c2nsc(=O)[nH]2)[nH]n1.CC. The minimum Gasteiger partial charge on any atom is -0.294 e. The molecule has 0 amide bonds. The summed E-state index contributed by atoms with van der Waals surface area (Å²) in [7, 11) is 0. The first-order valence-corrected chi connectivity index (χ1v) is 7.09. The van der Waals surface area contributed by atoms with Gasteiger partial charge < -0.3 is 0 Å². The van der Waals surface area contributed by atoms with Crippen molar-refractivity contribution in [2.45, 2.75) is 20.8 Å². The largest absolute Gasteiger partial charge is 0.323 e. The molecule has 106 valence electrons. The molecule has 2 N–H and O–H groups in total. The van der Waals surface area contributed by atoms with Crippen molar-refractivity contribution in [2.24, 2.45) is 0 Å². The van der Waals surface area contributed by atoms with Gasteiger partial charge in [-0.05, 0) is 13.0 Å². The number of nitrogens with one attached hydrogen (secondary N) is 2. The summed E-state index contributed by atoms with van der Waals surface area (Å²) in [4.78, 5) is 13.5. The van der Waals surface area contributed by atoms with Gasteiger partial charge in [-0.2, -0.15) is 9.47 Å². The van der Waals surface area contributed by atoms with Crippen LogP contribution in [0.1, 0.15) is 26.5 Å². The van der Waals surface area contributed by atoms with Crippen LogP contribution >= 0.6 is 11.5 Å². The second-order valence-electron chi connectivity index (χ2n) is 3.47. The van der Waals surface area contributed by atoms with E-state index < -0.39 is 0 Å². The van der Waals surface area contributed by atoms with Gasteiger partial charge in [0.15, 0.2) is 5.82 Å². The Morgan fingerprint density at radius 3 is 2.75 bits per heavy atom. The summed E-state index contributed by atoms with van der Waals surface area (Å²) in [5, 5.41) is 7.04. The highest BCUT2D eigenvalue weighted by atomic mass is 32.1. The van der Waals surface area contributed by atoms with Crippen LogP contribution < -0.4 is 4.87 Å². The maximum absolute atomic E-state index is 11.0. The van der Waals surface area contributed by atoms with Gasteiger partial charge in [-0.3, -0.25) is 14.9 Å². The van der Waals surface area contributed by atoms with E-state index in [-0.39, 0.29) is 4.87 Å². The Balaban J connectivity index is 0.000000956. The Bertz CT molecular complexity index is 661. The zero-order valence-electron chi connectivity index (χ0n) is 11.8. The maximum Gasteiger partial charge on any atom is 0.323 e. The lowest BCUT2D eigenvalue weighted by molar-refractivity contribution is 1.07. The van der Waals surface area contributed by atoms with E-state index >= 15 is 0 Å². The number of hydrogen-bond acceptors (Lipinski definition) is 4. The van der Waals surface area contributed by atoms with Gasteiger partial charge in [-0.1, -0.05) is 44.7 Å². The summed E-state index contributed by atoms with van der Waals surface area (Å²) in [5.41, 5.74) is 2.40. The van der Waals surface area contributed by atoms with E-state index in [0.29, 0.717) is 11.5 Å². The van der Waals surface area contributed by atoms with Crippen LogP contribution in [0, 0.1) is 0 Å². The van der Waals surface area contributed by atoms with Crippen molar-refractivity contribution in [1.82, 2.24) is 19.6 Å². The summed E-state index contributed by atoms with van der Waals surface area (Å²) >= 11 is 0.884. The summed E-state index contributed by atoms with van der Waals surface area (Å²) in [5.74, 6) is 0.502. The van der Waals surface area contributed by atoms with Crippen LogP contribution in [0.4, 0.5) is 0 Å². The molecule has 0 aromatic carbocycles. The molecule has 0 saturated heterocycles. The molecular weight excluding hydrogens is 272 g/mol. The fourth-order valence-corrected chi connectivity index (χ4v) is 1.93. The van der Waals surface area contributed by atoms with Crippen molar-refractivity contribution < 1.29 is 0 Å². The van der Waals surface area contributed by atoms with E-state index in [4.69, 9.17) is 0 Å². The molecule has 0 atom stereocenters. The first kappa shape index (κ1) is 15.8. The minimum atomic E-state index is -0.184. The van der Waals surface area contributed by atoms with E-state index in [1.807, 2.05) is 45.1 Å². The molecular formula is C14H18N4OS. The van der Waals surface area contributed by atoms with E-state index in [9.17, 15) is 4.79 Å². The number of aromatic amines is 2. The lowest BCUT2D eigenvalue weighted by atomic mass is 10.1. The van der Waals surface area contributed by atoms with Gasteiger partial charge in [0, 0.05) is 17.1 Å². The van der Waals surface area contributed by atoms with Crippen LogP contribution in [0.25, 0.3) is 17.1 Å². The summed E-state index contributed by atoms with van der Waals surface area (Å²) in [6.07, 6.45) is 7.43. The van der Waals surface area contributed by atoms with Crippen LogP contribution in [0.3, 0.4) is 0 Å². The molecule has 0 saturated carbocycles. The Morgan fingerprint density at radius 1 is 1.45 bits per heavy atom. The van der Waals surface area contributed by atoms with E-state index in [0.717, 1.165) is 22.8 Å². The molecule has 0 bridgehead atoms. The van der Waals surface area contributed by atoms with E-state index in [2.05, 4.69) is 26.1 Å². The van der Waals surface area contributed by atoms with Gasteiger partial charge in [-0.25, -0.2) is 0 Å². The third-order valence-corrected chi connectivity index (χ3v) is 2.75. The Kier molecular flexibility index (Phi) is 6.39. The lowest BCUT2D eigenvalue weighted by Crippen LogP contribution is -1.92. The van der Waals surface area contributed by atoms with Crippen LogP contribution in [-0.4, -0.2) is 19.6 Å². The Hall–Kier alpha value is -2.21. The summed E-state index contributed by atoms with van der Waals surface area (Å²) in [6.45, 7) is 9.60. The van der Waals surface area contributed by atoms with Crippen LogP contribution in [0.15, 0.2) is 41.7 Å². The molecule has 0 aliphatic carbocycles. The third-order valence-electron chi connectivity index (χ3n) is 2.21. The average Bonchev–Trinajstić information content (AvgIpc) is 3.09. The zero-order chi connectivity index (χ0) is 15.0. The van der Waals surface area contributed by atoms with Gasteiger partial charge in [0.2, 0.25) is 0 Å². The minimum absolute atomic E-state index is 0.184. The highest BCUT2D eigenvalue weighted by Gasteiger charge is 2.08. The Labute approximate surface area is 121 Å². The zero-order valence-corrected chi connectivity index (χ0v) is 12.6. The molecule has 0 spiro atoms. The predicted molar refractivity (Wildman–Crippen MR) is 84.7 cm³/mol. The predicted octanol–water partition coefficient (Wildman–Crippen LogP) is 3.39. The first-order chi connectivity index (χ1) is 9.74. The highest BCUT2D eigenvalue weighted by Crippen LogP contribution is 2.19. The molecule has 0 unspecified atom stereocenters. The molecule has 2 aromatic heterocycles. The third kappa shape index (κ3) is 3.89. The molecule has 2 rings (SSSR count). The number of rotatable bonds is 4. The van der Waals surface area contributed by atoms with Gasteiger partial charge in [-0.15, -0.1) is 0 Å². The lowest BCUT2D eigenvalue weighted by Gasteiger charge is -1.93. The average molecular weight is 290 g/mol. The van der Waals surface area contributed by atoms with Crippen molar-refractivity contribution >= 4 is 17.1 Å². The van der Waals surface area contributed by atoms with Crippen molar-refractivity contribution in [3.05, 3.63) is 52.3 Å². The molecule has 0 fully saturated rings. The molecule has 0 aliphatic rings. The molecule has 2 aromatic rings. The van der Waals surface area contributed by atoms with Gasteiger partial charge in [0.25, 0.3) is 0 Å². The highest BCUT2D eigenvalue weighted by molar-refractivity contribution is 7.03. The molecule has 6 heteroatoms. The van der Waals surface area contributed by atoms with Crippen molar-refractivity contribution in [3.63, 3.8) is 0 Å². The van der Waals surface area contributed by atoms with Crippen molar-refractivity contribution in [2.75, 3.05) is 0 Å². The summed E-state index contributed by atoms with van der Waals surface area (Å²) < 4.78 is 4.00. The molecule has 0 radical (unpaired) electrons. The van der Waals surface area contributed by atoms with Crippen LogP contribution in [0.2, 0.25) is 0 Å². The molecule has 0 aliphatic heterocycles. The molecule has 2 heterocycles. The Morgan fingerprint density at radius 2 is 2.20 bits per heavy atom. The van der Waals surface area contributed by atoms with Gasteiger partial charge in [0.1, 0.15) is 5.69 Å². The van der Waals surface area contributed by atoms with Gasteiger partial charge >= 0.3 is 4.87 Å². The number of H-pyrrole nitrogens is 2. The van der Waals surface area contributed by atoms with Crippen molar-refractivity contribution in [3.8, 4) is 11.5 Å². The number of aromatic nitrogens is 4. The maximum atomic E-state index is 11.0. The standard InChI is InChI=1S/C12H12N4OS.C2H6/c1-3-5-8(6-4-2)9-7-10(15-14-9)11-13-12(17)18-16-11;1-2/h3-7H,1H2,2H3,(H,14,15)(H,13,16,17);1-2H3/b6-4-,8-5+;. The second kappa shape index (κ2) is 8.06. The van der Waals surface area contributed by atoms with E-state index in [1.54, 1.807) is 6.08 Å². The number of allylic oxidation sites excluding steroid dienone is 5. The second-order valence-corrected chi connectivity index (χ2v) is 4.20. The van der Waals surface area contributed by atoms with Gasteiger partial charge in [0.05, 0.1) is 5.69 Å².